The third-order valence-corrected chi connectivity index (χ3v) is 7.53. The zero-order valence-corrected chi connectivity index (χ0v) is 18.1. The van der Waals surface area contributed by atoms with E-state index in [1.54, 1.807) is 4.90 Å². The number of hydrogen-bond acceptors (Lipinski definition) is 4. The first-order chi connectivity index (χ1) is 15.1. The number of carbonyl (C=O) groups is 1. The lowest BCUT2D eigenvalue weighted by molar-refractivity contribution is -0.132. The van der Waals surface area contributed by atoms with Gasteiger partial charge in [0.2, 0.25) is 5.91 Å². The van der Waals surface area contributed by atoms with Crippen LogP contribution < -0.4 is 5.73 Å². The Balaban J connectivity index is 1.50. The van der Waals surface area contributed by atoms with Crippen molar-refractivity contribution in [2.24, 2.45) is 11.7 Å². The second-order valence-electron chi connectivity index (χ2n) is 7.97. The number of piperidine rings is 1. The summed E-state index contributed by atoms with van der Waals surface area (Å²) in [6, 6.07) is 5.24. The average Bonchev–Trinajstić information content (AvgIpc) is 2.76. The molecule has 1 aliphatic rings. The topological polar surface area (TPSA) is 80.5 Å². The van der Waals surface area contributed by atoms with Crippen molar-refractivity contribution in [1.82, 2.24) is 4.90 Å². The number of halogens is 4. The number of carbonyl (C=O) groups excluding carboxylic acids is 1. The Hall–Kier alpha value is -2.46. The molecule has 32 heavy (non-hydrogen) atoms. The van der Waals surface area contributed by atoms with Gasteiger partial charge in [0.15, 0.2) is 21.5 Å². The van der Waals surface area contributed by atoms with Gasteiger partial charge < -0.3 is 10.6 Å². The molecule has 1 fully saturated rings. The van der Waals surface area contributed by atoms with E-state index in [-0.39, 0.29) is 40.9 Å². The summed E-state index contributed by atoms with van der Waals surface area (Å²) in [7, 11) is -3.71. The Labute approximate surface area is 184 Å². The van der Waals surface area contributed by atoms with E-state index in [9.17, 15) is 30.8 Å². The summed E-state index contributed by atoms with van der Waals surface area (Å²) < 4.78 is 78.0. The number of hydrogen-bond donors (Lipinski definition) is 1. The third kappa shape index (κ3) is 5.86. The van der Waals surface area contributed by atoms with E-state index in [1.165, 1.54) is 0 Å². The van der Waals surface area contributed by atoms with Crippen LogP contribution in [0.5, 0.6) is 0 Å². The molecule has 0 aliphatic carbocycles. The monoisotopic (exact) mass is 472 g/mol. The molecule has 0 saturated carbocycles. The van der Waals surface area contributed by atoms with E-state index in [2.05, 4.69) is 0 Å². The lowest BCUT2D eigenvalue weighted by Crippen LogP contribution is -2.44. The van der Waals surface area contributed by atoms with Gasteiger partial charge in [-0.2, -0.15) is 0 Å². The van der Waals surface area contributed by atoms with Gasteiger partial charge in [0.25, 0.3) is 0 Å². The van der Waals surface area contributed by atoms with Gasteiger partial charge in [-0.05, 0) is 61.1 Å². The molecule has 1 saturated heterocycles. The van der Waals surface area contributed by atoms with Gasteiger partial charge in [0.1, 0.15) is 11.6 Å². The molecular weight excluding hydrogens is 448 g/mol. The number of likely N-dealkylation sites (tertiary alicyclic amines) is 1. The Morgan fingerprint density at radius 3 is 2.22 bits per heavy atom. The highest BCUT2D eigenvalue weighted by Crippen LogP contribution is 2.24. The van der Waals surface area contributed by atoms with Crippen LogP contribution >= 0.6 is 0 Å². The van der Waals surface area contributed by atoms with Gasteiger partial charge in [0, 0.05) is 31.6 Å². The molecule has 0 radical (unpaired) electrons. The van der Waals surface area contributed by atoms with Crippen LogP contribution in [0, 0.1) is 29.2 Å². The zero-order chi connectivity index (χ0) is 23.5. The van der Waals surface area contributed by atoms with Crippen LogP contribution in [0.3, 0.4) is 0 Å². The van der Waals surface area contributed by atoms with Crippen LogP contribution in [-0.2, 0) is 21.1 Å². The molecule has 1 aliphatic heterocycles. The molecular formula is C22H24F4N2O3S. The molecule has 0 bridgehead atoms. The van der Waals surface area contributed by atoms with Crippen LogP contribution in [0.1, 0.15) is 24.8 Å². The second-order valence-corrected chi connectivity index (χ2v) is 10.1. The number of benzene rings is 2. The number of sulfone groups is 1. The van der Waals surface area contributed by atoms with Crippen molar-refractivity contribution in [1.29, 1.82) is 0 Å². The highest BCUT2D eigenvalue weighted by molar-refractivity contribution is 7.91. The van der Waals surface area contributed by atoms with Crippen molar-refractivity contribution in [2.75, 3.05) is 18.8 Å². The first-order valence-corrected chi connectivity index (χ1v) is 11.9. The van der Waals surface area contributed by atoms with Crippen molar-refractivity contribution >= 4 is 15.7 Å². The van der Waals surface area contributed by atoms with Gasteiger partial charge in [-0.3, -0.25) is 4.79 Å². The summed E-state index contributed by atoms with van der Waals surface area (Å²) in [4.78, 5) is 14.0. The maximum atomic E-state index is 13.9. The van der Waals surface area contributed by atoms with Crippen molar-refractivity contribution < 1.29 is 30.8 Å². The lowest BCUT2D eigenvalue weighted by Gasteiger charge is -2.35. The quantitative estimate of drug-likeness (QED) is 0.381. The van der Waals surface area contributed by atoms with Crippen LogP contribution in [0.2, 0.25) is 0 Å². The SMILES string of the molecule is N[C@H](Cc1cc(F)c(F)cc1F)C1CCN(C(=O)CCS(=O)(=O)c2ccc(F)cc2)CC1. The second kappa shape index (κ2) is 9.99. The minimum absolute atomic E-state index is 0.000839. The highest BCUT2D eigenvalue weighted by Gasteiger charge is 2.28. The van der Waals surface area contributed by atoms with Crippen LogP contribution in [0.4, 0.5) is 17.6 Å². The van der Waals surface area contributed by atoms with E-state index in [1.807, 2.05) is 0 Å². The van der Waals surface area contributed by atoms with Crippen LogP contribution in [0.15, 0.2) is 41.3 Å². The van der Waals surface area contributed by atoms with Gasteiger partial charge in [0.05, 0.1) is 10.6 Å². The number of nitrogens with zero attached hydrogens (tertiary/aromatic N) is 1. The standard InChI is InChI=1S/C22H24F4N2O3S/c23-16-1-3-17(4-2-16)32(30,31)10-7-22(29)28-8-5-14(6-9-28)21(27)12-15-11-19(25)20(26)13-18(15)24/h1-4,11,13-14,21H,5-10,12,27H2/t21-/m1/s1. The fraction of sp³-hybridized carbons (Fsp3) is 0.409. The fourth-order valence-electron chi connectivity index (χ4n) is 3.86. The Kier molecular flexibility index (Phi) is 7.55. The summed E-state index contributed by atoms with van der Waals surface area (Å²) in [6.45, 7) is 0.738. The largest absolute Gasteiger partial charge is 0.343 e. The minimum Gasteiger partial charge on any atom is -0.343 e. The Morgan fingerprint density at radius 1 is 1.00 bits per heavy atom. The van der Waals surface area contributed by atoms with E-state index in [0.717, 1.165) is 30.3 Å². The Morgan fingerprint density at radius 2 is 1.59 bits per heavy atom. The molecule has 1 amide bonds. The normalized spacial score (nSPS) is 16.2. The van der Waals surface area contributed by atoms with Crippen LogP contribution in [-0.4, -0.2) is 44.1 Å². The average molecular weight is 473 g/mol. The minimum atomic E-state index is -3.71. The van der Waals surface area contributed by atoms with E-state index in [4.69, 9.17) is 5.73 Å². The number of amides is 1. The first kappa shape index (κ1) is 24.2. The molecule has 2 aromatic carbocycles. The molecule has 2 N–H and O–H groups in total. The molecule has 3 rings (SSSR count). The molecule has 174 valence electrons. The Bertz CT molecular complexity index is 1070. The highest BCUT2D eigenvalue weighted by atomic mass is 32.2. The maximum absolute atomic E-state index is 13.9. The molecule has 0 unspecified atom stereocenters. The number of nitrogens with two attached hydrogens (primary N) is 1. The molecule has 0 aromatic heterocycles. The summed E-state index contributed by atoms with van der Waals surface area (Å²) in [5.41, 5.74) is 6.16. The van der Waals surface area contributed by atoms with Gasteiger partial charge in [-0.1, -0.05) is 0 Å². The smallest absolute Gasteiger partial charge is 0.223 e. The van der Waals surface area contributed by atoms with E-state index in [0.29, 0.717) is 32.0 Å². The molecule has 2 aromatic rings. The summed E-state index contributed by atoms with van der Waals surface area (Å²) in [5.74, 6) is -4.53. The van der Waals surface area contributed by atoms with Gasteiger partial charge >= 0.3 is 0 Å². The molecule has 1 atom stereocenters. The van der Waals surface area contributed by atoms with Crippen LogP contribution in [0.25, 0.3) is 0 Å². The van der Waals surface area contributed by atoms with E-state index >= 15 is 0 Å². The molecule has 5 nitrogen and oxygen atoms in total. The summed E-state index contributed by atoms with van der Waals surface area (Å²) >= 11 is 0. The number of rotatable bonds is 7. The third-order valence-electron chi connectivity index (χ3n) is 5.80. The van der Waals surface area contributed by atoms with E-state index < -0.39 is 39.1 Å². The maximum Gasteiger partial charge on any atom is 0.223 e. The molecule has 0 spiro atoms. The summed E-state index contributed by atoms with van der Waals surface area (Å²) in [6.07, 6.45) is 0.903. The van der Waals surface area contributed by atoms with Crippen molar-refractivity contribution in [3.8, 4) is 0 Å². The predicted octanol–water partition coefficient (Wildman–Crippen LogP) is 3.22. The molecule has 1 heterocycles. The lowest BCUT2D eigenvalue weighted by atomic mass is 9.86. The summed E-state index contributed by atoms with van der Waals surface area (Å²) in [5, 5.41) is 0. The predicted molar refractivity (Wildman–Crippen MR) is 110 cm³/mol. The van der Waals surface area contributed by atoms with Crippen molar-refractivity contribution in [3.63, 3.8) is 0 Å². The van der Waals surface area contributed by atoms with Crippen molar-refractivity contribution in [2.45, 2.75) is 36.6 Å². The zero-order valence-electron chi connectivity index (χ0n) is 17.2. The van der Waals surface area contributed by atoms with Gasteiger partial charge in [-0.25, -0.2) is 26.0 Å². The van der Waals surface area contributed by atoms with Crippen molar-refractivity contribution in [3.05, 3.63) is 65.2 Å². The fourth-order valence-corrected chi connectivity index (χ4v) is 5.09. The molecule has 10 heteroatoms. The first-order valence-electron chi connectivity index (χ1n) is 10.2. The van der Waals surface area contributed by atoms with Gasteiger partial charge in [-0.15, -0.1) is 0 Å².